The van der Waals surface area contributed by atoms with E-state index in [1.165, 1.54) is 0 Å². The molecule has 0 atom stereocenters. The molecule has 0 spiro atoms. The molecule has 1 aliphatic rings. The Morgan fingerprint density at radius 3 is 2.30 bits per heavy atom. The van der Waals surface area contributed by atoms with Crippen molar-refractivity contribution in [3.63, 3.8) is 0 Å². The topological polar surface area (TPSA) is 44.8 Å². The number of carbonyl (C=O) groups excluding carboxylic acids is 1. The lowest BCUT2D eigenvalue weighted by Gasteiger charge is -2.32. The van der Waals surface area contributed by atoms with Crippen LogP contribution in [0.3, 0.4) is 0 Å². The molecule has 5 heteroatoms. The van der Waals surface area contributed by atoms with Gasteiger partial charge in [-0.15, -0.1) is 0 Å². The summed E-state index contributed by atoms with van der Waals surface area (Å²) in [6.45, 7) is 12.6. The molecule has 1 aromatic rings. The number of esters is 1. The van der Waals surface area contributed by atoms with Crippen LogP contribution in [0.25, 0.3) is 0 Å². The molecular weight excluding hydrogens is 291 g/mol. The first-order valence-corrected chi connectivity index (χ1v) is 8.31. The molecular formula is C18H27BO4. The van der Waals surface area contributed by atoms with Gasteiger partial charge in [-0.25, -0.2) is 4.79 Å². The van der Waals surface area contributed by atoms with E-state index in [1.807, 2.05) is 46.8 Å². The fraction of sp³-hybridized carbons (Fsp3) is 0.611. The Kier molecular flexibility index (Phi) is 5.22. The molecule has 1 aromatic carbocycles. The molecule has 0 bridgehead atoms. The van der Waals surface area contributed by atoms with Crippen molar-refractivity contribution in [1.29, 1.82) is 0 Å². The van der Waals surface area contributed by atoms with Crippen LogP contribution in [0.4, 0.5) is 0 Å². The number of hydrogen-bond acceptors (Lipinski definition) is 4. The normalized spacial score (nSPS) is 19.0. The van der Waals surface area contributed by atoms with Gasteiger partial charge in [-0.1, -0.05) is 25.0 Å². The summed E-state index contributed by atoms with van der Waals surface area (Å²) in [6, 6.07) is 5.52. The molecule has 0 radical (unpaired) electrons. The number of carbonyl (C=O) groups is 1. The molecule has 1 aliphatic heterocycles. The standard InChI is InChI=1S/C18H27BO4/c1-7-8-11-21-16(20)14-9-10-15(13(2)12-14)19-22-17(3,4)18(5,6)23-19/h9-10,12H,7-8,11H2,1-6H3. The Hall–Kier alpha value is -1.33. The van der Waals surface area contributed by atoms with Crippen molar-refractivity contribution in [3.05, 3.63) is 29.3 Å². The molecule has 1 heterocycles. The zero-order valence-electron chi connectivity index (χ0n) is 15.1. The summed E-state index contributed by atoms with van der Waals surface area (Å²) in [5.74, 6) is -0.276. The van der Waals surface area contributed by atoms with Crippen LogP contribution >= 0.6 is 0 Å². The van der Waals surface area contributed by atoms with Gasteiger partial charge < -0.3 is 14.0 Å². The molecule has 0 amide bonds. The first-order chi connectivity index (χ1) is 10.7. The predicted molar refractivity (Wildman–Crippen MR) is 92.1 cm³/mol. The lowest BCUT2D eigenvalue weighted by Crippen LogP contribution is -2.41. The van der Waals surface area contributed by atoms with E-state index >= 15 is 0 Å². The molecule has 1 fully saturated rings. The van der Waals surface area contributed by atoms with Gasteiger partial charge in [0.15, 0.2) is 0 Å². The molecule has 0 unspecified atom stereocenters. The Morgan fingerprint density at radius 2 is 1.78 bits per heavy atom. The number of benzene rings is 1. The lowest BCUT2D eigenvalue weighted by molar-refractivity contribution is 0.00578. The largest absolute Gasteiger partial charge is 0.495 e. The van der Waals surface area contributed by atoms with Gasteiger partial charge >= 0.3 is 13.1 Å². The van der Waals surface area contributed by atoms with E-state index in [0.717, 1.165) is 23.9 Å². The van der Waals surface area contributed by atoms with Crippen molar-refractivity contribution in [2.75, 3.05) is 6.61 Å². The van der Waals surface area contributed by atoms with E-state index in [4.69, 9.17) is 14.0 Å². The van der Waals surface area contributed by atoms with Crippen LogP contribution in [0.15, 0.2) is 18.2 Å². The summed E-state index contributed by atoms with van der Waals surface area (Å²) in [7, 11) is -0.412. The Bertz CT molecular complexity index is 564. The molecule has 23 heavy (non-hydrogen) atoms. The molecule has 1 saturated heterocycles. The molecule has 0 saturated carbocycles. The van der Waals surface area contributed by atoms with Crippen LogP contribution in [-0.4, -0.2) is 30.9 Å². The summed E-state index contributed by atoms with van der Waals surface area (Å²) >= 11 is 0. The number of rotatable bonds is 5. The summed E-state index contributed by atoms with van der Waals surface area (Å²) in [6.07, 6.45) is 1.89. The zero-order chi connectivity index (χ0) is 17.3. The van der Waals surface area contributed by atoms with E-state index in [2.05, 4.69) is 6.92 Å². The van der Waals surface area contributed by atoms with Crippen LogP contribution in [0.2, 0.25) is 0 Å². The first-order valence-electron chi connectivity index (χ1n) is 8.31. The maximum Gasteiger partial charge on any atom is 0.495 e. The van der Waals surface area contributed by atoms with E-state index in [0.29, 0.717) is 12.2 Å². The van der Waals surface area contributed by atoms with Crippen LogP contribution < -0.4 is 5.46 Å². The van der Waals surface area contributed by atoms with Crippen LogP contribution in [0, 0.1) is 6.92 Å². The van der Waals surface area contributed by atoms with E-state index < -0.39 is 7.12 Å². The van der Waals surface area contributed by atoms with E-state index in [-0.39, 0.29) is 17.2 Å². The highest BCUT2D eigenvalue weighted by Gasteiger charge is 2.52. The Balaban J connectivity index is 2.13. The third kappa shape index (κ3) is 3.78. The Labute approximate surface area is 139 Å². The molecule has 0 aliphatic carbocycles. The second kappa shape index (κ2) is 6.66. The van der Waals surface area contributed by atoms with E-state index in [9.17, 15) is 4.79 Å². The second-order valence-electron chi connectivity index (χ2n) is 7.15. The molecule has 2 rings (SSSR count). The molecule has 0 aromatic heterocycles. The lowest BCUT2D eigenvalue weighted by atomic mass is 9.76. The highest BCUT2D eigenvalue weighted by atomic mass is 16.7. The van der Waals surface area contributed by atoms with Crippen molar-refractivity contribution in [3.8, 4) is 0 Å². The van der Waals surface area contributed by atoms with Crippen molar-refractivity contribution < 1.29 is 18.8 Å². The smallest absolute Gasteiger partial charge is 0.462 e. The van der Waals surface area contributed by atoms with Crippen LogP contribution in [-0.2, 0) is 14.0 Å². The van der Waals surface area contributed by atoms with Gasteiger partial charge in [0.05, 0.1) is 23.4 Å². The minimum absolute atomic E-state index is 0.276. The fourth-order valence-corrected chi connectivity index (χ4v) is 2.43. The SMILES string of the molecule is CCCCOC(=O)c1ccc(B2OC(C)(C)C(C)(C)O2)c(C)c1. The zero-order valence-corrected chi connectivity index (χ0v) is 15.1. The highest BCUT2D eigenvalue weighted by Crippen LogP contribution is 2.36. The van der Waals surface area contributed by atoms with E-state index in [1.54, 1.807) is 6.07 Å². The number of hydrogen-bond donors (Lipinski definition) is 0. The average molecular weight is 318 g/mol. The third-order valence-corrected chi connectivity index (χ3v) is 4.74. The van der Waals surface area contributed by atoms with Crippen molar-refractivity contribution >= 4 is 18.6 Å². The summed E-state index contributed by atoms with van der Waals surface area (Å²) < 4.78 is 17.4. The Morgan fingerprint density at radius 1 is 1.17 bits per heavy atom. The molecule has 126 valence electrons. The van der Waals surface area contributed by atoms with Gasteiger partial charge in [0.2, 0.25) is 0 Å². The van der Waals surface area contributed by atoms with Crippen molar-refractivity contribution in [2.24, 2.45) is 0 Å². The fourth-order valence-electron chi connectivity index (χ4n) is 2.43. The maximum atomic E-state index is 12.0. The van der Waals surface area contributed by atoms with Crippen molar-refractivity contribution in [2.45, 2.75) is 65.6 Å². The van der Waals surface area contributed by atoms with Crippen LogP contribution in [0.1, 0.15) is 63.4 Å². The van der Waals surface area contributed by atoms with Gasteiger partial charge in [-0.2, -0.15) is 0 Å². The van der Waals surface area contributed by atoms with Gasteiger partial charge in [0, 0.05) is 0 Å². The van der Waals surface area contributed by atoms with Gasteiger partial charge in [-0.3, -0.25) is 0 Å². The second-order valence-corrected chi connectivity index (χ2v) is 7.15. The molecule has 0 N–H and O–H groups in total. The maximum absolute atomic E-state index is 12.0. The minimum atomic E-state index is -0.412. The number of ether oxygens (including phenoxy) is 1. The van der Waals surface area contributed by atoms with Gasteiger partial charge in [-0.05, 0) is 58.6 Å². The third-order valence-electron chi connectivity index (χ3n) is 4.74. The van der Waals surface area contributed by atoms with Crippen LogP contribution in [0.5, 0.6) is 0 Å². The number of aryl methyl sites for hydroxylation is 1. The van der Waals surface area contributed by atoms with Crippen molar-refractivity contribution in [1.82, 2.24) is 0 Å². The first kappa shape index (κ1) is 18.0. The van der Waals surface area contributed by atoms with Gasteiger partial charge in [0.25, 0.3) is 0 Å². The highest BCUT2D eigenvalue weighted by molar-refractivity contribution is 6.62. The summed E-state index contributed by atoms with van der Waals surface area (Å²) in [5, 5.41) is 0. The predicted octanol–water partition coefficient (Wildman–Crippen LogP) is 3.25. The monoisotopic (exact) mass is 318 g/mol. The summed E-state index contributed by atoms with van der Waals surface area (Å²) in [4.78, 5) is 12.0. The quantitative estimate of drug-likeness (QED) is 0.475. The minimum Gasteiger partial charge on any atom is -0.462 e. The average Bonchev–Trinajstić information content (AvgIpc) is 2.67. The number of unbranched alkanes of at least 4 members (excludes halogenated alkanes) is 1. The summed E-state index contributed by atoms with van der Waals surface area (Å²) in [5.41, 5.74) is 1.74. The van der Waals surface area contributed by atoms with Gasteiger partial charge in [0.1, 0.15) is 0 Å². The molecule has 4 nitrogen and oxygen atoms in total.